The van der Waals surface area contributed by atoms with Crippen LogP contribution < -0.4 is 10.6 Å². The fraction of sp³-hybridized carbons (Fsp3) is 0.105. The Morgan fingerprint density at radius 1 is 1.08 bits per heavy atom. The predicted molar refractivity (Wildman–Crippen MR) is 103 cm³/mol. The summed E-state index contributed by atoms with van der Waals surface area (Å²) in [5.74, 6) is -0.700. The number of nitrogens with zero attached hydrogens (tertiary/aromatic N) is 2. The molecule has 0 atom stereocenters. The minimum Gasteiger partial charge on any atom is -0.342 e. The lowest BCUT2D eigenvalue weighted by molar-refractivity contribution is -0.115. The van der Waals surface area contributed by atoms with Gasteiger partial charge in [0.25, 0.3) is 5.91 Å². The Bertz CT molecular complexity index is 920. The van der Waals surface area contributed by atoms with E-state index in [9.17, 15) is 9.59 Å². The monoisotopic (exact) mass is 412 g/mol. The van der Waals surface area contributed by atoms with Gasteiger partial charge >= 0.3 is 0 Å². The van der Waals surface area contributed by atoms with Crippen molar-refractivity contribution >= 4 is 33.4 Å². The minimum absolute atomic E-state index is 0.133. The molecule has 26 heavy (non-hydrogen) atoms. The average molecular weight is 413 g/mol. The lowest BCUT2D eigenvalue weighted by atomic mass is 10.3. The van der Waals surface area contributed by atoms with E-state index in [4.69, 9.17) is 0 Å². The third-order valence-electron chi connectivity index (χ3n) is 3.66. The summed E-state index contributed by atoms with van der Waals surface area (Å²) in [6.45, 7) is 1.74. The van der Waals surface area contributed by atoms with Crippen LogP contribution in [0.4, 0.5) is 5.69 Å². The van der Waals surface area contributed by atoms with Crippen LogP contribution in [0.5, 0.6) is 0 Å². The van der Waals surface area contributed by atoms with Crippen LogP contribution >= 0.6 is 15.9 Å². The topological polar surface area (TPSA) is 76.0 Å². The van der Waals surface area contributed by atoms with Gasteiger partial charge < -0.3 is 10.6 Å². The summed E-state index contributed by atoms with van der Waals surface area (Å²) < 4.78 is 2.62. The van der Waals surface area contributed by atoms with E-state index < -0.39 is 5.91 Å². The second-order valence-electron chi connectivity index (χ2n) is 5.66. The SMILES string of the molecule is Cc1cc(C(=O)NCC(=O)Nc2ccc(Br)cc2)nn1-c1ccccc1. The molecule has 7 heteroatoms. The van der Waals surface area contributed by atoms with Gasteiger partial charge in [-0.2, -0.15) is 5.10 Å². The van der Waals surface area contributed by atoms with Gasteiger partial charge in [0.15, 0.2) is 5.69 Å². The average Bonchev–Trinajstić information content (AvgIpc) is 3.04. The van der Waals surface area contributed by atoms with Crippen molar-refractivity contribution in [3.8, 4) is 5.69 Å². The number of aromatic nitrogens is 2. The molecule has 0 aliphatic heterocycles. The summed E-state index contributed by atoms with van der Waals surface area (Å²) in [6, 6.07) is 18.4. The molecule has 1 heterocycles. The molecular weight excluding hydrogens is 396 g/mol. The van der Waals surface area contributed by atoms with Gasteiger partial charge in [0.2, 0.25) is 5.91 Å². The maximum absolute atomic E-state index is 12.3. The summed E-state index contributed by atoms with van der Waals surface area (Å²) in [5, 5.41) is 9.62. The van der Waals surface area contributed by atoms with Crippen molar-refractivity contribution < 1.29 is 9.59 Å². The molecule has 132 valence electrons. The van der Waals surface area contributed by atoms with Crippen molar-refractivity contribution in [1.82, 2.24) is 15.1 Å². The van der Waals surface area contributed by atoms with Gasteiger partial charge in [0, 0.05) is 15.9 Å². The molecule has 3 aromatic rings. The van der Waals surface area contributed by atoms with Gasteiger partial charge in [0.1, 0.15) is 0 Å². The third kappa shape index (κ3) is 4.37. The van der Waals surface area contributed by atoms with E-state index in [-0.39, 0.29) is 18.1 Å². The number of hydrogen-bond donors (Lipinski definition) is 2. The molecule has 0 saturated heterocycles. The van der Waals surface area contributed by atoms with Gasteiger partial charge in [-0.3, -0.25) is 9.59 Å². The Balaban J connectivity index is 1.60. The Labute approximate surface area is 159 Å². The zero-order chi connectivity index (χ0) is 18.5. The van der Waals surface area contributed by atoms with Crippen LogP contribution in [0.2, 0.25) is 0 Å². The molecule has 0 radical (unpaired) electrons. The molecular formula is C19H17BrN4O2. The number of anilines is 1. The van der Waals surface area contributed by atoms with E-state index in [0.29, 0.717) is 5.69 Å². The Kier molecular flexibility index (Phi) is 5.48. The Morgan fingerprint density at radius 3 is 2.46 bits per heavy atom. The molecule has 0 saturated carbocycles. The lowest BCUT2D eigenvalue weighted by Crippen LogP contribution is -2.33. The van der Waals surface area contributed by atoms with Crippen LogP contribution in [0, 0.1) is 6.92 Å². The molecule has 6 nitrogen and oxygen atoms in total. The highest BCUT2D eigenvalue weighted by atomic mass is 79.9. The van der Waals surface area contributed by atoms with E-state index in [2.05, 4.69) is 31.7 Å². The molecule has 0 unspecified atom stereocenters. The number of benzene rings is 2. The normalized spacial score (nSPS) is 10.4. The third-order valence-corrected chi connectivity index (χ3v) is 4.19. The molecule has 3 rings (SSSR count). The van der Waals surface area contributed by atoms with E-state index in [0.717, 1.165) is 15.9 Å². The number of nitrogens with one attached hydrogen (secondary N) is 2. The fourth-order valence-electron chi connectivity index (χ4n) is 2.41. The van der Waals surface area contributed by atoms with Crippen molar-refractivity contribution in [2.75, 3.05) is 11.9 Å². The number of hydrogen-bond acceptors (Lipinski definition) is 3. The van der Waals surface area contributed by atoms with Crippen molar-refractivity contribution in [2.45, 2.75) is 6.92 Å². The molecule has 2 aromatic carbocycles. The summed E-state index contributed by atoms with van der Waals surface area (Å²) in [7, 11) is 0. The number of rotatable bonds is 5. The lowest BCUT2D eigenvalue weighted by Gasteiger charge is -2.06. The second kappa shape index (κ2) is 7.97. The van der Waals surface area contributed by atoms with E-state index >= 15 is 0 Å². The highest BCUT2D eigenvalue weighted by Crippen LogP contribution is 2.14. The zero-order valence-corrected chi connectivity index (χ0v) is 15.7. The van der Waals surface area contributed by atoms with Gasteiger partial charge in [-0.25, -0.2) is 4.68 Å². The summed E-state index contributed by atoms with van der Waals surface area (Å²) in [5.41, 5.74) is 2.64. The van der Waals surface area contributed by atoms with Gasteiger partial charge in [-0.05, 0) is 49.4 Å². The molecule has 2 N–H and O–H groups in total. The minimum atomic E-state index is -0.395. The first-order valence-corrected chi connectivity index (χ1v) is 8.78. The van der Waals surface area contributed by atoms with E-state index in [1.54, 1.807) is 22.9 Å². The van der Waals surface area contributed by atoms with Crippen molar-refractivity contribution in [3.63, 3.8) is 0 Å². The predicted octanol–water partition coefficient (Wildman–Crippen LogP) is 3.31. The summed E-state index contributed by atoms with van der Waals surface area (Å²) in [4.78, 5) is 24.2. The molecule has 0 fully saturated rings. The maximum atomic E-state index is 12.3. The van der Waals surface area contributed by atoms with Gasteiger partial charge in [0.05, 0.1) is 12.2 Å². The molecule has 0 spiro atoms. The zero-order valence-electron chi connectivity index (χ0n) is 14.1. The smallest absolute Gasteiger partial charge is 0.272 e. The summed E-state index contributed by atoms with van der Waals surface area (Å²) >= 11 is 3.33. The van der Waals surface area contributed by atoms with Crippen LogP contribution in [0.15, 0.2) is 65.1 Å². The van der Waals surface area contributed by atoms with Crippen LogP contribution in [-0.4, -0.2) is 28.1 Å². The number of carbonyl (C=O) groups excluding carboxylic acids is 2. The first-order valence-electron chi connectivity index (χ1n) is 7.98. The number of amides is 2. The van der Waals surface area contributed by atoms with E-state index in [1.807, 2.05) is 49.4 Å². The second-order valence-corrected chi connectivity index (χ2v) is 6.57. The first-order chi connectivity index (χ1) is 12.5. The number of carbonyl (C=O) groups is 2. The standard InChI is InChI=1S/C19H17BrN4O2/c1-13-11-17(23-24(13)16-5-3-2-4-6-16)19(26)21-12-18(25)22-15-9-7-14(20)8-10-15/h2-11H,12H2,1H3,(H,21,26)(H,22,25). The first kappa shape index (κ1) is 17.9. The van der Waals surface area contributed by atoms with Gasteiger partial charge in [-0.15, -0.1) is 0 Å². The Hall–Kier alpha value is -2.93. The highest BCUT2D eigenvalue weighted by Gasteiger charge is 2.14. The maximum Gasteiger partial charge on any atom is 0.272 e. The van der Waals surface area contributed by atoms with Crippen LogP contribution in [0.1, 0.15) is 16.2 Å². The largest absolute Gasteiger partial charge is 0.342 e. The van der Waals surface area contributed by atoms with Crippen molar-refractivity contribution in [3.05, 3.63) is 76.5 Å². The van der Waals surface area contributed by atoms with Crippen LogP contribution in [0.3, 0.4) is 0 Å². The molecule has 0 aliphatic carbocycles. The van der Waals surface area contributed by atoms with Crippen LogP contribution in [-0.2, 0) is 4.79 Å². The number of aryl methyl sites for hydroxylation is 1. The van der Waals surface area contributed by atoms with Gasteiger partial charge in [-0.1, -0.05) is 34.1 Å². The Morgan fingerprint density at radius 2 is 1.77 bits per heavy atom. The van der Waals surface area contributed by atoms with E-state index in [1.165, 1.54) is 0 Å². The quantitative estimate of drug-likeness (QED) is 0.674. The molecule has 2 amide bonds. The summed E-state index contributed by atoms with van der Waals surface area (Å²) in [6.07, 6.45) is 0. The van der Waals surface area contributed by atoms with Crippen molar-refractivity contribution in [2.24, 2.45) is 0 Å². The fourth-order valence-corrected chi connectivity index (χ4v) is 2.67. The van der Waals surface area contributed by atoms with Crippen molar-refractivity contribution in [1.29, 1.82) is 0 Å². The molecule has 0 bridgehead atoms. The number of halogens is 1. The highest BCUT2D eigenvalue weighted by molar-refractivity contribution is 9.10. The van der Waals surface area contributed by atoms with Crippen LogP contribution in [0.25, 0.3) is 5.69 Å². The molecule has 0 aliphatic rings. The number of para-hydroxylation sites is 1. The molecule has 1 aromatic heterocycles.